The van der Waals surface area contributed by atoms with Crippen molar-refractivity contribution in [3.63, 3.8) is 0 Å². The maximum absolute atomic E-state index is 11.3. The molecule has 0 fully saturated rings. The molecule has 2 N–H and O–H groups in total. The number of aromatic nitrogens is 2. The van der Waals surface area contributed by atoms with Crippen molar-refractivity contribution in [2.45, 2.75) is 52.2 Å². The van der Waals surface area contributed by atoms with Crippen LogP contribution < -0.4 is 14.8 Å². The van der Waals surface area contributed by atoms with Crippen molar-refractivity contribution >= 4 is 5.97 Å². The lowest BCUT2D eigenvalue weighted by molar-refractivity contribution is 0.0697. The number of rotatable bonds is 11. The zero-order valence-corrected chi connectivity index (χ0v) is 23.4. The van der Waals surface area contributed by atoms with Gasteiger partial charge in [-0.25, -0.2) is 9.78 Å². The number of fused-ring (bicyclic) bond motifs is 1. The molecule has 1 aromatic heterocycles. The number of aryl methyl sites for hydroxylation is 1. The Kier molecular flexibility index (Phi) is 8.66. The van der Waals surface area contributed by atoms with E-state index in [0.717, 1.165) is 58.9 Å². The summed E-state index contributed by atoms with van der Waals surface area (Å²) in [5.41, 5.74) is 5.65. The molecule has 210 valence electrons. The van der Waals surface area contributed by atoms with E-state index in [0.29, 0.717) is 37.6 Å². The monoisotopic (exact) mass is 550 g/mol. The molecule has 8 nitrogen and oxygen atoms in total. The SMILES string of the molecule is CCCCn1c(-c2ccccc2C)nc(C#N)c1CC(NCc1ccc(C(=O)O)cc1)c1ccc2c(c1)OCCO2. The summed E-state index contributed by atoms with van der Waals surface area (Å²) in [6, 6.07) is 23.1. The Morgan fingerprint density at radius 1 is 1.10 bits per heavy atom. The Bertz CT molecular complexity index is 1570. The van der Waals surface area contributed by atoms with Crippen LogP contribution in [0.5, 0.6) is 11.5 Å². The van der Waals surface area contributed by atoms with Crippen LogP contribution in [0.4, 0.5) is 0 Å². The van der Waals surface area contributed by atoms with Crippen LogP contribution in [0, 0.1) is 18.3 Å². The number of hydrogen-bond acceptors (Lipinski definition) is 6. The van der Waals surface area contributed by atoms with E-state index < -0.39 is 5.97 Å². The number of hydrogen-bond donors (Lipinski definition) is 2. The van der Waals surface area contributed by atoms with E-state index >= 15 is 0 Å². The van der Waals surface area contributed by atoms with Gasteiger partial charge < -0.3 is 24.5 Å². The third-order valence-corrected chi connectivity index (χ3v) is 7.42. The van der Waals surface area contributed by atoms with Gasteiger partial charge >= 0.3 is 5.97 Å². The predicted octanol–water partition coefficient (Wildman–Crippen LogP) is 6.07. The molecule has 1 aliphatic heterocycles. The lowest BCUT2D eigenvalue weighted by Gasteiger charge is -2.24. The Labute approximate surface area is 240 Å². The van der Waals surface area contributed by atoms with Crippen molar-refractivity contribution in [3.05, 3.63) is 100 Å². The van der Waals surface area contributed by atoms with Crippen LogP contribution >= 0.6 is 0 Å². The van der Waals surface area contributed by atoms with Crippen LogP contribution in [0.15, 0.2) is 66.7 Å². The molecule has 3 aromatic carbocycles. The van der Waals surface area contributed by atoms with Gasteiger partial charge in [0, 0.05) is 31.1 Å². The van der Waals surface area contributed by atoms with Crippen LogP contribution in [0.1, 0.15) is 64.2 Å². The molecule has 41 heavy (non-hydrogen) atoms. The number of benzene rings is 3. The highest BCUT2D eigenvalue weighted by molar-refractivity contribution is 5.87. The maximum Gasteiger partial charge on any atom is 0.335 e. The number of nitrogens with one attached hydrogen (secondary N) is 1. The van der Waals surface area contributed by atoms with Gasteiger partial charge in [-0.2, -0.15) is 5.26 Å². The maximum atomic E-state index is 11.3. The first-order chi connectivity index (χ1) is 20.0. The second-order valence-corrected chi connectivity index (χ2v) is 10.2. The molecule has 0 amide bonds. The molecular weight excluding hydrogens is 516 g/mol. The Hall–Kier alpha value is -4.61. The number of nitriles is 1. The minimum absolute atomic E-state index is 0.182. The van der Waals surface area contributed by atoms with Crippen molar-refractivity contribution in [2.24, 2.45) is 0 Å². The number of carboxylic acid groups (broad SMARTS) is 1. The minimum atomic E-state index is -0.951. The zero-order valence-electron chi connectivity index (χ0n) is 23.4. The Morgan fingerprint density at radius 2 is 1.85 bits per heavy atom. The lowest BCUT2D eigenvalue weighted by Crippen LogP contribution is -2.25. The normalized spacial score (nSPS) is 13.0. The number of unbranched alkanes of at least 4 members (excludes halogenated alkanes) is 1. The van der Waals surface area contributed by atoms with Crippen molar-refractivity contribution in [1.29, 1.82) is 5.26 Å². The topological polar surface area (TPSA) is 109 Å². The Balaban J connectivity index is 1.53. The lowest BCUT2D eigenvalue weighted by atomic mass is 9.99. The van der Waals surface area contributed by atoms with E-state index in [1.165, 1.54) is 0 Å². The van der Waals surface area contributed by atoms with Gasteiger partial charge in [0.15, 0.2) is 17.2 Å². The predicted molar refractivity (Wildman–Crippen MR) is 156 cm³/mol. The average Bonchev–Trinajstić information content (AvgIpc) is 3.34. The first kappa shape index (κ1) is 27.9. The summed E-state index contributed by atoms with van der Waals surface area (Å²) in [7, 11) is 0. The fourth-order valence-electron chi connectivity index (χ4n) is 5.15. The van der Waals surface area contributed by atoms with Gasteiger partial charge in [-0.1, -0.05) is 55.8 Å². The number of imidazole rings is 1. The van der Waals surface area contributed by atoms with Crippen molar-refractivity contribution in [1.82, 2.24) is 14.9 Å². The molecule has 1 aliphatic rings. The molecule has 0 bridgehead atoms. The molecule has 0 spiro atoms. The summed E-state index contributed by atoms with van der Waals surface area (Å²) in [4.78, 5) is 16.2. The van der Waals surface area contributed by atoms with Gasteiger partial charge in [-0.3, -0.25) is 0 Å². The summed E-state index contributed by atoms with van der Waals surface area (Å²) < 4.78 is 13.8. The van der Waals surface area contributed by atoms with E-state index in [-0.39, 0.29) is 11.6 Å². The quantitative estimate of drug-likeness (QED) is 0.233. The van der Waals surface area contributed by atoms with Crippen LogP contribution in [-0.4, -0.2) is 33.8 Å². The molecular formula is C33H34N4O4. The number of carbonyl (C=O) groups is 1. The molecule has 0 saturated carbocycles. The summed E-state index contributed by atoms with van der Waals surface area (Å²) in [6.45, 7) is 6.50. The number of nitrogens with zero attached hydrogens (tertiary/aromatic N) is 3. The van der Waals surface area contributed by atoms with E-state index in [9.17, 15) is 15.2 Å². The van der Waals surface area contributed by atoms with E-state index in [4.69, 9.17) is 14.5 Å². The standard InChI is InChI=1S/C33H34N4O4/c1-3-4-15-37-29(28(20-34)36-32(37)26-8-6-5-7-22(26)2)19-27(25-13-14-30-31(18-25)41-17-16-40-30)35-21-23-9-11-24(12-10-23)33(38)39/h5-14,18,27,35H,3-4,15-17,19,21H2,1-2H3,(H,38,39). The van der Waals surface area contributed by atoms with Crippen molar-refractivity contribution in [3.8, 4) is 29.0 Å². The molecule has 1 atom stereocenters. The fraction of sp³-hybridized carbons (Fsp3) is 0.303. The highest BCUT2D eigenvalue weighted by Crippen LogP contribution is 2.35. The third kappa shape index (κ3) is 6.26. The van der Waals surface area contributed by atoms with Gasteiger partial charge in [0.05, 0.1) is 11.3 Å². The van der Waals surface area contributed by atoms with E-state index in [1.807, 2.05) is 42.5 Å². The van der Waals surface area contributed by atoms with Gasteiger partial charge in [-0.15, -0.1) is 0 Å². The second-order valence-electron chi connectivity index (χ2n) is 10.2. The Morgan fingerprint density at radius 3 is 2.56 bits per heavy atom. The number of ether oxygens (including phenoxy) is 2. The summed E-state index contributed by atoms with van der Waals surface area (Å²) >= 11 is 0. The van der Waals surface area contributed by atoms with E-state index in [1.54, 1.807) is 12.1 Å². The second kappa shape index (κ2) is 12.7. The fourth-order valence-corrected chi connectivity index (χ4v) is 5.15. The highest BCUT2D eigenvalue weighted by atomic mass is 16.6. The third-order valence-electron chi connectivity index (χ3n) is 7.42. The summed E-state index contributed by atoms with van der Waals surface area (Å²) in [5, 5.41) is 23.1. The smallest absolute Gasteiger partial charge is 0.335 e. The largest absolute Gasteiger partial charge is 0.486 e. The van der Waals surface area contributed by atoms with Gasteiger partial charge in [0.1, 0.15) is 25.1 Å². The zero-order chi connectivity index (χ0) is 28.8. The number of carboxylic acids is 1. The molecule has 4 aromatic rings. The molecule has 0 aliphatic carbocycles. The van der Waals surface area contributed by atoms with Gasteiger partial charge in [0.25, 0.3) is 0 Å². The first-order valence-electron chi connectivity index (χ1n) is 14.0. The molecule has 8 heteroatoms. The minimum Gasteiger partial charge on any atom is -0.486 e. The molecule has 1 unspecified atom stereocenters. The number of aromatic carboxylic acids is 1. The molecule has 5 rings (SSSR count). The van der Waals surface area contributed by atoms with Gasteiger partial charge in [-0.05, 0) is 54.3 Å². The average molecular weight is 551 g/mol. The molecule has 0 radical (unpaired) electrons. The van der Waals surface area contributed by atoms with Crippen LogP contribution in [-0.2, 0) is 19.5 Å². The molecule has 2 heterocycles. The first-order valence-corrected chi connectivity index (χ1v) is 14.0. The van der Waals surface area contributed by atoms with Gasteiger partial charge in [0.2, 0.25) is 0 Å². The van der Waals surface area contributed by atoms with E-state index in [2.05, 4.69) is 41.9 Å². The van der Waals surface area contributed by atoms with Crippen molar-refractivity contribution < 1.29 is 19.4 Å². The summed E-state index contributed by atoms with van der Waals surface area (Å²) in [6.07, 6.45) is 2.51. The highest BCUT2D eigenvalue weighted by Gasteiger charge is 2.24. The van der Waals surface area contributed by atoms with Crippen LogP contribution in [0.2, 0.25) is 0 Å². The molecule has 0 saturated heterocycles. The van der Waals surface area contributed by atoms with Crippen LogP contribution in [0.3, 0.4) is 0 Å². The van der Waals surface area contributed by atoms with Crippen molar-refractivity contribution in [2.75, 3.05) is 13.2 Å². The summed E-state index contributed by atoms with van der Waals surface area (Å²) in [5.74, 6) is 1.28. The van der Waals surface area contributed by atoms with Crippen LogP contribution in [0.25, 0.3) is 11.4 Å².